The predicted molar refractivity (Wildman–Crippen MR) is 107 cm³/mol. The molecule has 1 unspecified atom stereocenters. The Hall–Kier alpha value is -2.29. The average molecular weight is 354 g/mol. The number of hydrogen-bond acceptors (Lipinski definition) is 2. The molecule has 0 aromatic heterocycles. The fraction of sp³-hybridized carbons (Fsp3) is 0.435. The van der Waals surface area contributed by atoms with Gasteiger partial charge < -0.3 is 10.1 Å². The Bertz CT molecular complexity index is 647. The number of nitrogens with one attached hydrogen (secondary N) is 1. The number of alkyl carbamates (subject to hydrolysis) is 1. The number of ether oxygens (including phenoxy) is 1. The van der Waals surface area contributed by atoms with Crippen LogP contribution in [0, 0.1) is 0 Å². The van der Waals surface area contributed by atoms with E-state index >= 15 is 0 Å². The maximum atomic E-state index is 12.2. The molecule has 0 spiro atoms. The molecule has 3 nitrogen and oxygen atoms in total. The highest BCUT2D eigenvalue weighted by Gasteiger charge is 2.19. The topological polar surface area (TPSA) is 38.3 Å². The predicted octanol–water partition coefficient (Wildman–Crippen LogP) is 5.54. The minimum Gasteiger partial charge on any atom is -0.444 e. The number of amides is 1. The van der Waals surface area contributed by atoms with Crippen LogP contribution in [-0.2, 0) is 17.6 Å². The molecule has 2 aromatic rings. The molecule has 0 bridgehead atoms. The molecule has 0 saturated carbocycles. The second-order valence-electron chi connectivity index (χ2n) is 7.76. The van der Waals surface area contributed by atoms with Gasteiger partial charge in [0.25, 0.3) is 0 Å². The van der Waals surface area contributed by atoms with Gasteiger partial charge in [-0.1, -0.05) is 67.1 Å². The van der Waals surface area contributed by atoms with Gasteiger partial charge in [-0.3, -0.25) is 0 Å². The van der Waals surface area contributed by atoms with E-state index in [0.29, 0.717) is 0 Å². The van der Waals surface area contributed by atoms with E-state index in [9.17, 15) is 4.79 Å². The van der Waals surface area contributed by atoms with Gasteiger partial charge in [-0.25, -0.2) is 4.79 Å². The number of unbranched alkanes of at least 4 members (excludes halogenated alkanes) is 1. The van der Waals surface area contributed by atoms with Crippen molar-refractivity contribution >= 4 is 6.09 Å². The van der Waals surface area contributed by atoms with E-state index in [4.69, 9.17) is 4.74 Å². The van der Waals surface area contributed by atoms with Crippen molar-refractivity contribution < 1.29 is 9.53 Å². The Morgan fingerprint density at radius 2 is 1.50 bits per heavy atom. The first-order valence-corrected chi connectivity index (χ1v) is 9.50. The molecule has 0 aliphatic rings. The fourth-order valence-electron chi connectivity index (χ4n) is 2.96. The lowest BCUT2D eigenvalue weighted by atomic mass is 9.99. The lowest BCUT2D eigenvalue weighted by Gasteiger charge is -2.24. The van der Waals surface area contributed by atoms with Gasteiger partial charge in [0, 0.05) is 6.04 Å². The van der Waals surface area contributed by atoms with Crippen molar-refractivity contribution in [1.29, 1.82) is 0 Å². The molecule has 1 amide bonds. The van der Waals surface area contributed by atoms with Crippen LogP contribution in [0.2, 0.25) is 0 Å². The van der Waals surface area contributed by atoms with Crippen LogP contribution in [0.15, 0.2) is 60.7 Å². The maximum Gasteiger partial charge on any atom is 0.407 e. The van der Waals surface area contributed by atoms with Crippen LogP contribution in [0.3, 0.4) is 0 Å². The summed E-state index contributed by atoms with van der Waals surface area (Å²) in [5.74, 6) is 0. The molecule has 2 aromatic carbocycles. The van der Waals surface area contributed by atoms with E-state index in [1.54, 1.807) is 0 Å². The van der Waals surface area contributed by atoms with E-state index in [1.165, 1.54) is 11.1 Å². The second-order valence-corrected chi connectivity index (χ2v) is 7.76. The number of rotatable bonds is 8. The SMILES string of the molecule is CC(C)(C)OC(=O)NC(CCCCc1ccccc1)Cc1ccccc1. The van der Waals surface area contributed by atoms with Gasteiger partial charge in [0.2, 0.25) is 0 Å². The lowest BCUT2D eigenvalue weighted by molar-refractivity contribution is 0.0501. The molecule has 2 rings (SSSR count). The quantitative estimate of drug-likeness (QED) is 0.633. The minimum atomic E-state index is -0.477. The number of benzene rings is 2. The maximum absolute atomic E-state index is 12.2. The summed E-state index contributed by atoms with van der Waals surface area (Å²) in [7, 11) is 0. The first kappa shape index (κ1) is 20.0. The van der Waals surface area contributed by atoms with E-state index in [0.717, 1.165) is 32.1 Å². The fourth-order valence-corrected chi connectivity index (χ4v) is 2.96. The third-order valence-corrected chi connectivity index (χ3v) is 4.16. The van der Waals surface area contributed by atoms with Crippen LogP contribution >= 0.6 is 0 Å². The van der Waals surface area contributed by atoms with Crippen molar-refractivity contribution in [3.63, 3.8) is 0 Å². The zero-order valence-electron chi connectivity index (χ0n) is 16.2. The van der Waals surface area contributed by atoms with E-state index in [1.807, 2.05) is 45.0 Å². The summed E-state index contributed by atoms with van der Waals surface area (Å²) in [4.78, 5) is 12.2. The molecule has 0 saturated heterocycles. The highest BCUT2D eigenvalue weighted by molar-refractivity contribution is 5.68. The van der Waals surface area contributed by atoms with Gasteiger partial charge in [-0.2, -0.15) is 0 Å². The van der Waals surface area contributed by atoms with Gasteiger partial charge >= 0.3 is 6.09 Å². The summed E-state index contributed by atoms with van der Waals surface area (Å²) in [5.41, 5.74) is 2.12. The van der Waals surface area contributed by atoms with Crippen LogP contribution in [0.1, 0.15) is 51.2 Å². The Labute approximate surface area is 157 Å². The molecule has 0 radical (unpaired) electrons. The van der Waals surface area contributed by atoms with Crippen molar-refractivity contribution in [1.82, 2.24) is 5.32 Å². The van der Waals surface area contributed by atoms with Gasteiger partial charge in [0.05, 0.1) is 0 Å². The summed E-state index contributed by atoms with van der Waals surface area (Å²) in [6.45, 7) is 5.66. The van der Waals surface area contributed by atoms with Gasteiger partial charge in [0.15, 0.2) is 0 Å². The first-order valence-electron chi connectivity index (χ1n) is 9.50. The average Bonchev–Trinajstić information content (AvgIpc) is 2.59. The first-order chi connectivity index (χ1) is 12.4. The van der Waals surface area contributed by atoms with Crippen molar-refractivity contribution in [2.45, 2.75) is 64.5 Å². The molecule has 3 heteroatoms. The van der Waals surface area contributed by atoms with Gasteiger partial charge in [-0.15, -0.1) is 0 Å². The van der Waals surface area contributed by atoms with E-state index in [-0.39, 0.29) is 12.1 Å². The molecule has 0 fully saturated rings. The highest BCUT2D eigenvalue weighted by Crippen LogP contribution is 2.13. The zero-order valence-corrected chi connectivity index (χ0v) is 16.2. The number of carbonyl (C=O) groups is 1. The Kier molecular flexibility index (Phi) is 7.71. The number of aryl methyl sites for hydroxylation is 1. The lowest BCUT2D eigenvalue weighted by Crippen LogP contribution is -2.40. The molecular weight excluding hydrogens is 322 g/mol. The molecule has 0 aliphatic heterocycles. The summed E-state index contributed by atoms with van der Waals surface area (Å²) < 4.78 is 5.43. The van der Waals surface area contributed by atoms with Crippen LogP contribution in [0.5, 0.6) is 0 Å². The van der Waals surface area contributed by atoms with Crippen molar-refractivity contribution in [3.05, 3.63) is 71.8 Å². The van der Waals surface area contributed by atoms with Gasteiger partial charge in [0.1, 0.15) is 5.60 Å². The number of carbonyl (C=O) groups excluding carboxylic acids is 1. The van der Waals surface area contributed by atoms with Crippen LogP contribution < -0.4 is 5.32 Å². The van der Waals surface area contributed by atoms with E-state index in [2.05, 4.69) is 41.7 Å². The standard InChI is InChI=1S/C23H31NO2/c1-23(2,3)26-22(25)24-21(18-20-15-8-5-9-16-20)17-11-10-14-19-12-6-4-7-13-19/h4-9,12-13,15-16,21H,10-11,14,17-18H2,1-3H3,(H,24,25). The molecular formula is C23H31NO2. The normalized spacial score (nSPS) is 12.4. The molecule has 1 N–H and O–H groups in total. The van der Waals surface area contributed by atoms with Crippen molar-refractivity contribution in [2.24, 2.45) is 0 Å². The third-order valence-electron chi connectivity index (χ3n) is 4.16. The molecule has 0 heterocycles. The number of hydrogen-bond donors (Lipinski definition) is 1. The molecule has 26 heavy (non-hydrogen) atoms. The third kappa shape index (κ3) is 8.19. The molecule has 1 atom stereocenters. The smallest absolute Gasteiger partial charge is 0.407 e. The minimum absolute atomic E-state index is 0.0861. The second kappa shape index (κ2) is 10.0. The Morgan fingerprint density at radius 3 is 2.08 bits per heavy atom. The van der Waals surface area contributed by atoms with Crippen molar-refractivity contribution in [3.8, 4) is 0 Å². The molecule has 0 aliphatic carbocycles. The monoisotopic (exact) mass is 353 g/mol. The van der Waals surface area contributed by atoms with Crippen LogP contribution in [-0.4, -0.2) is 17.7 Å². The summed E-state index contributed by atoms with van der Waals surface area (Å²) in [6, 6.07) is 20.9. The zero-order chi connectivity index (χ0) is 18.8. The highest BCUT2D eigenvalue weighted by atomic mass is 16.6. The summed E-state index contributed by atoms with van der Waals surface area (Å²) in [5, 5.41) is 3.06. The Balaban J connectivity index is 1.86. The van der Waals surface area contributed by atoms with Crippen LogP contribution in [0.25, 0.3) is 0 Å². The van der Waals surface area contributed by atoms with E-state index < -0.39 is 5.60 Å². The Morgan fingerprint density at radius 1 is 0.923 bits per heavy atom. The largest absolute Gasteiger partial charge is 0.444 e. The van der Waals surface area contributed by atoms with Crippen LogP contribution in [0.4, 0.5) is 4.79 Å². The summed E-state index contributed by atoms with van der Waals surface area (Å²) in [6.07, 6.45) is 4.70. The molecule has 140 valence electrons. The van der Waals surface area contributed by atoms with Crippen molar-refractivity contribution in [2.75, 3.05) is 0 Å². The summed E-state index contributed by atoms with van der Waals surface area (Å²) >= 11 is 0. The van der Waals surface area contributed by atoms with Gasteiger partial charge in [-0.05, 0) is 57.6 Å².